The second kappa shape index (κ2) is 7.45. The SMILES string of the molecule is Cc1cccc(C)c1OCCOC(=O)c1cc([N+](=O)[O-])ccc1N. The summed E-state index contributed by atoms with van der Waals surface area (Å²) >= 11 is 0. The van der Waals surface area contributed by atoms with Gasteiger partial charge in [0.25, 0.3) is 5.69 Å². The first-order valence-corrected chi connectivity index (χ1v) is 7.30. The predicted octanol–water partition coefficient (Wildman–Crippen LogP) is 3.03. The van der Waals surface area contributed by atoms with Gasteiger partial charge >= 0.3 is 5.97 Å². The van der Waals surface area contributed by atoms with Crippen LogP contribution in [-0.2, 0) is 4.74 Å². The normalized spacial score (nSPS) is 10.2. The van der Waals surface area contributed by atoms with Crippen LogP contribution in [0.1, 0.15) is 21.5 Å². The van der Waals surface area contributed by atoms with Crippen LogP contribution < -0.4 is 10.5 Å². The number of nitro benzene ring substituents is 1. The van der Waals surface area contributed by atoms with Crippen molar-refractivity contribution in [1.29, 1.82) is 0 Å². The first-order chi connectivity index (χ1) is 11.4. The van der Waals surface area contributed by atoms with Crippen LogP contribution in [0.2, 0.25) is 0 Å². The Morgan fingerprint density at radius 2 is 1.83 bits per heavy atom. The number of ether oxygens (including phenoxy) is 2. The van der Waals surface area contributed by atoms with Crippen molar-refractivity contribution in [3.05, 3.63) is 63.2 Å². The Kier molecular flexibility index (Phi) is 5.36. The highest BCUT2D eigenvalue weighted by molar-refractivity contribution is 5.95. The lowest BCUT2D eigenvalue weighted by Gasteiger charge is -2.12. The van der Waals surface area contributed by atoms with Crippen LogP contribution in [-0.4, -0.2) is 24.1 Å². The van der Waals surface area contributed by atoms with Gasteiger partial charge in [-0.15, -0.1) is 0 Å². The van der Waals surface area contributed by atoms with Gasteiger partial charge in [-0.05, 0) is 31.0 Å². The minimum atomic E-state index is -0.721. The fourth-order valence-corrected chi connectivity index (χ4v) is 2.22. The molecule has 0 radical (unpaired) electrons. The van der Waals surface area contributed by atoms with Crippen LogP contribution >= 0.6 is 0 Å². The Hall–Kier alpha value is -3.09. The molecule has 0 atom stereocenters. The molecule has 0 unspecified atom stereocenters. The van der Waals surface area contributed by atoms with E-state index in [-0.39, 0.29) is 30.2 Å². The lowest BCUT2D eigenvalue weighted by molar-refractivity contribution is -0.384. The fourth-order valence-electron chi connectivity index (χ4n) is 2.22. The first kappa shape index (κ1) is 17.3. The van der Waals surface area contributed by atoms with E-state index in [4.69, 9.17) is 15.2 Å². The van der Waals surface area contributed by atoms with Crippen molar-refractivity contribution in [2.45, 2.75) is 13.8 Å². The summed E-state index contributed by atoms with van der Waals surface area (Å²) in [5.41, 5.74) is 7.53. The maximum Gasteiger partial charge on any atom is 0.340 e. The van der Waals surface area contributed by atoms with Crippen LogP contribution in [0.4, 0.5) is 11.4 Å². The molecular formula is C17H18N2O5. The van der Waals surface area contributed by atoms with Crippen molar-refractivity contribution in [1.82, 2.24) is 0 Å². The van der Waals surface area contributed by atoms with Crippen molar-refractivity contribution in [2.75, 3.05) is 18.9 Å². The minimum Gasteiger partial charge on any atom is -0.489 e. The number of nitrogen functional groups attached to an aromatic ring is 1. The van der Waals surface area contributed by atoms with Gasteiger partial charge < -0.3 is 15.2 Å². The number of esters is 1. The summed E-state index contributed by atoms with van der Waals surface area (Å²) in [5.74, 6) is 0.0321. The molecular weight excluding hydrogens is 312 g/mol. The van der Waals surface area contributed by atoms with Gasteiger partial charge in [0.15, 0.2) is 0 Å². The molecule has 0 fully saturated rings. The van der Waals surface area contributed by atoms with E-state index in [0.29, 0.717) is 0 Å². The van der Waals surface area contributed by atoms with E-state index in [1.165, 1.54) is 12.1 Å². The van der Waals surface area contributed by atoms with Crippen LogP contribution in [0.15, 0.2) is 36.4 Å². The van der Waals surface area contributed by atoms with E-state index >= 15 is 0 Å². The largest absolute Gasteiger partial charge is 0.489 e. The Morgan fingerprint density at radius 1 is 1.17 bits per heavy atom. The molecule has 0 aromatic heterocycles. The number of aryl methyl sites for hydroxylation is 2. The number of para-hydroxylation sites is 1. The van der Waals surface area contributed by atoms with Crippen LogP contribution in [0.5, 0.6) is 5.75 Å². The van der Waals surface area contributed by atoms with Gasteiger partial charge in [-0.2, -0.15) is 0 Å². The third-order valence-electron chi connectivity index (χ3n) is 3.44. The first-order valence-electron chi connectivity index (χ1n) is 7.30. The van der Waals surface area contributed by atoms with Crippen molar-refractivity contribution < 1.29 is 19.2 Å². The second-order valence-electron chi connectivity index (χ2n) is 5.23. The molecule has 126 valence electrons. The second-order valence-corrected chi connectivity index (χ2v) is 5.23. The number of carbonyl (C=O) groups is 1. The zero-order valence-electron chi connectivity index (χ0n) is 13.4. The zero-order valence-corrected chi connectivity index (χ0v) is 13.4. The molecule has 0 aliphatic heterocycles. The number of nitrogens with zero attached hydrogens (tertiary/aromatic N) is 1. The molecule has 0 saturated heterocycles. The molecule has 2 N–H and O–H groups in total. The lowest BCUT2D eigenvalue weighted by Crippen LogP contribution is -2.14. The van der Waals surface area contributed by atoms with Crippen LogP contribution in [0.25, 0.3) is 0 Å². The molecule has 2 aromatic rings. The van der Waals surface area contributed by atoms with Gasteiger partial charge in [0.2, 0.25) is 0 Å². The maximum absolute atomic E-state index is 12.0. The number of carbonyl (C=O) groups excluding carboxylic acids is 1. The predicted molar refractivity (Wildman–Crippen MR) is 89.2 cm³/mol. The van der Waals surface area contributed by atoms with Crippen molar-refractivity contribution >= 4 is 17.3 Å². The molecule has 0 aliphatic carbocycles. The van der Waals surface area contributed by atoms with Crippen LogP contribution in [0, 0.1) is 24.0 Å². The lowest BCUT2D eigenvalue weighted by atomic mass is 10.1. The standard InChI is InChI=1S/C17H18N2O5/c1-11-4-3-5-12(2)16(11)23-8-9-24-17(20)14-10-13(19(21)22)6-7-15(14)18/h3-7,10H,8-9,18H2,1-2H3. The zero-order chi connectivity index (χ0) is 17.7. The van der Waals surface area contributed by atoms with Crippen molar-refractivity contribution in [3.8, 4) is 5.75 Å². The molecule has 2 rings (SSSR count). The van der Waals surface area contributed by atoms with Crippen LogP contribution in [0.3, 0.4) is 0 Å². The number of non-ortho nitro benzene ring substituents is 1. The Bertz CT molecular complexity index is 753. The monoisotopic (exact) mass is 330 g/mol. The average Bonchev–Trinajstić information content (AvgIpc) is 2.53. The van der Waals surface area contributed by atoms with E-state index < -0.39 is 10.9 Å². The number of anilines is 1. The van der Waals surface area contributed by atoms with E-state index in [2.05, 4.69) is 0 Å². The summed E-state index contributed by atoms with van der Waals surface area (Å²) in [6, 6.07) is 9.43. The van der Waals surface area contributed by atoms with Gasteiger partial charge in [0.05, 0.1) is 10.5 Å². The van der Waals surface area contributed by atoms with Gasteiger partial charge in [-0.25, -0.2) is 4.79 Å². The maximum atomic E-state index is 12.0. The molecule has 0 aliphatic rings. The molecule has 7 heteroatoms. The van der Waals surface area contributed by atoms with Gasteiger partial charge in [-0.3, -0.25) is 10.1 Å². The summed E-state index contributed by atoms with van der Waals surface area (Å²) in [6.07, 6.45) is 0. The molecule has 0 heterocycles. The van der Waals surface area contributed by atoms with Crippen molar-refractivity contribution in [3.63, 3.8) is 0 Å². The average molecular weight is 330 g/mol. The number of hydrogen-bond acceptors (Lipinski definition) is 6. The van der Waals surface area contributed by atoms with Gasteiger partial charge in [0.1, 0.15) is 19.0 Å². The molecule has 0 bridgehead atoms. The summed E-state index contributed by atoms with van der Waals surface area (Å²) < 4.78 is 10.7. The number of hydrogen-bond donors (Lipinski definition) is 1. The summed E-state index contributed by atoms with van der Waals surface area (Å²) in [6.45, 7) is 4.04. The number of benzene rings is 2. The molecule has 0 saturated carbocycles. The van der Waals surface area contributed by atoms with Crippen molar-refractivity contribution in [2.24, 2.45) is 0 Å². The number of rotatable bonds is 6. The molecule has 0 spiro atoms. The summed E-state index contributed by atoms with van der Waals surface area (Å²) in [7, 11) is 0. The quantitative estimate of drug-likeness (QED) is 0.287. The van der Waals surface area contributed by atoms with E-state index in [1.807, 2.05) is 32.0 Å². The molecule has 7 nitrogen and oxygen atoms in total. The van der Waals surface area contributed by atoms with E-state index in [0.717, 1.165) is 22.9 Å². The smallest absolute Gasteiger partial charge is 0.340 e. The van der Waals surface area contributed by atoms with Gasteiger partial charge in [-0.1, -0.05) is 18.2 Å². The summed E-state index contributed by atoms with van der Waals surface area (Å²) in [5, 5.41) is 10.8. The molecule has 2 aromatic carbocycles. The Balaban J connectivity index is 1.94. The fraction of sp³-hybridized carbons (Fsp3) is 0.235. The highest BCUT2D eigenvalue weighted by Gasteiger charge is 2.16. The number of nitrogens with two attached hydrogens (primary N) is 1. The van der Waals surface area contributed by atoms with E-state index in [9.17, 15) is 14.9 Å². The number of nitro groups is 1. The van der Waals surface area contributed by atoms with Gasteiger partial charge in [0, 0.05) is 17.8 Å². The highest BCUT2D eigenvalue weighted by Crippen LogP contribution is 2.22. The third-order valence-corrected chi connectivity index (χ3v) is 3.44. The molecule has 0 amide bonds. The third kappa shape index (κ3) is 4.01. The molecule has 24 heavy (non-hydrogen) atoms. The topological polar surface area (TPSA) is 105 Å². The summed E-state index contributed by atoms with van der Waals surface area (Å²) in [4.78, 5) is 22.2. The minimum absolute atomic E-state index is 0.00867. The Morgan fingerprint density at radius 3 is 2.46 bits per heavy atom. The van der Waals surface area contributed by atoms with E-state index in [1.54, 1.807) is 0 Å². The Labute approximate surface area is 139 Å². The highest BCUT2D eigenvalue weighted by atomic mass is 16.6.